The van der Waals surface area contributed by atoms with Crippen molar-refractivity contribution in [1.29, 1.82) is 0 Å². The summed E-state index contributed by atoms with van der Waals surface area (Å²) in [5, 5.41) is 2.77. The molecule has 2 aliphatic heterocycles. The van der Waals surface area contributed by atoms with E-state index in [0.29, 0.717) is 38.7 Å². The van der Waals surface area contributed by atoms with Crippen molar-refractivity contribution in [3.05, 3.63) is 0 Å². The van der Waals surface area contributed by atoms with Crippen molar-refractivity contribution in [2.75, 3.05) is 59.4 Å². The van der Waals surface area contributed by atoms with Gasteiger partial charge in [-0.05, 0) is 19.3 Å². The Morgan fingerprint density at radius 3 is 2.15 bits per heavy atom. The van der Waals surface area contributed by atoms with Gasteiger partial charge in [0.1, 0.15) is 0 Å². The van der Waals surface area contributed by atoms with Gasteiger partial charge >= 0.3 is 6.18 Å². The van der Waals surface area contributed by atoms with Crippen LogP contribution in [0.1, 0.15) is 25.7 Å². The van der Waals surface area contributed by atoms with Crippen LogP contribution in [0.25, 0.3) is 0 Å². The lowest BCUT2D eigenvalue weighted by atomic mass is 10.1. The molecule has 0 spiro atoms. The maximum absolute atomic E-state index is 12.3. The van der Waals surface area contributed by atoms with Crippen molar-refractivity contribution < 1.29 is 18.0 Å². The highest BCUT2D eigenvalue weighted by Crippen LogP contribution is 2.18. The van der Waals surface area contributed by atoms with Crippen LogP contribution in [0.2, 0.25) is 0 Å². The molecule has 0 saturated carbocycles. The number of hydrogen-bond acceptors (Lipinski definition) is 3. The van der Waals surface area contributed by atoms with E-state index in [4.69, 9.17) is 0 Å². The average molecular weight is 491 g/mol. The van der Waals surface area contributed by atoms with E-state index in [0.717, 1.165) is 25.9 Å². The lowest BCUT2D eigenvalue weighted by Crippen LogP contribution is -2.54. The topological polar surface area (TPSA) is 51.2 Å². The Labute approximate surface area is 170 Å². The monoisotopic (exact) mass is 491 g/mol. The number of piperidine rings is 1. The van der Waals surface area contributed by atoms with Gasteiger partial charge in [0, 0.05) is 52.9 Å². The van der Waals surface area contributed by atoms with Gasteiger partial charge in [-0.1, -0.05) is 0 Å². The standard InChI is InChI=1S/C16H28F3N5O.HI/c1-20-15(21-6-5-16(17,18)19)24-11-9-22(10-12-24)13-14(25)23-7-3-2-4-8-23;/h2-13H2,1H3,(H,20,21);1H. The third kappa shape index (κ3) is 7.85. The Hall–Kier alpha value is -0.780. The van der Waals surface area contributed by atoms with Gasteiger partial charge in [0.15, 0.2) is 5.96 Å². The van der Waals surface area contributed by atoms with Crippen LogP contribution < -0.4 is 5.32 Å². The molecule has 2 saturated heterocycles. The smallest absolute Gasteiger partial charge is 0.356 e. The summed E-state index contributed by atoms with van der Waals surface area (Å²) in [6, 6.07) is 0. The van der Waals surface area contributed by atoms with E-state index in [2.05, 4.69) is 15.2 Å². The number of hydrogen-bond donors (Lipinski definition) is 1. The van der Waals surface area contributed by atoms with E-state index in [9.17, 15) is 18.0 Å². The first-order valence-electron chi connectivity index (χ1n) is 8.91. The molecule has 152 valence electrons. The van der Waals surface area contributed by atoms with Crippen LogP contribution >= 0.6 is 24.0 Å². The van der Waals surface area contributed by atoms with Crippen molar-refractivity contribution in [3.8, 4) is 0 Å². The second-order valence-corrected chi connectivity index (χ2v) is 6.54. The highest BCUT2D eigenvalue weighted by Gasteiger charge is 2.27. The fourth-order valence-electron chi connectivity index (χ4n) is 3.20. The Bertz CT molecular complexity index is 461. The molecule has 2 rings (SSSR count). The summed E-state index contributed by atoms with van der Waals surface area (Å²) >= 11 is 0. The molecule has 2 aliphatic rings. The first-order valence-corrected chi connectivity index (χ1v) is 8.91. The summed E-state index contributed by atoms with van der Waals surface area (Å²) < 4.78 is 36.7. The average Bonchev–Trinajstić information content (AvgIpc) is 2.59. The normalized spacial score (nSPS) is 19.9. The number of guanidine groups is 1. The van der Waals surface area contributed by atoms with Gasteiger partial charge in [-0.15, -0.1) is 24.0 Å². The fourth-order valence-corrected chi connectivity index (χ4v) is 3.20. The molecule has 0 unspecified atom stereocenters. The number of halogens is 4. The van der Waals surface area contributed by atoms with Crippen molar-refractivity contribution in [3.63, 3.8) is 0 Å². The summed E-state index contributed by atoms with van der Waals surface area (Å²) in [5.74, 6) is 0.673. The lowest BCUT2D eigenvalue weighted by Gasteiger charge is -2.37. The molecule has 0 aliphatic carbocycles. The second kappa shape index (κ2) is 11.2. The first-order chi connectivity index (χ1) is 11.9. The van der Waals surface area contributed by atoms with E-state index >= 15 is 0 Å². The summed E-state index contributed by atoms with van der Waals surface area (Å²) in [6.45, 7) is 4.68. The lowest BCUT2D eigenvalue weighted by molar-refractivity contribution is -0.134. The summed E-state index contributed by atoms with van der Waals surface area (Å²) in [6.07, 6.45) is -1.68. The van der Waals surface area contributed by atoms with E-state index in [1.54, 1.807) is 7.05 Å². The van der Waals surface area contributed by atoms with Gasteiger partial charge in [-0.2, -0.15) is 13.2 Å². The zero-order valence-corrected chi connectivity index (χ0v) is 17.6. The molecule has 1 amide bonds. The van der Waals surface area contributed by atoms with Gasteiger partial charge < -0.3 is 15.1 Å². The molecule has 2 heterocycles. The highest BCUT2D eigenvalue weighted by atomic mass is 127. The van der Waals surface area contributed by atoms with E-state index in [1.807, 2.05) is 9.80 Å². The van der Waals surface area contributed by atoms with Crippen LogP contribution in [0, 0.1) is 0 Å². The number of piperazine rings is 1. The molecule has 1 N–H and O–H groups in total. The van der Waals surface area contributed by atoms with Crippen molar-refractivity contribution in [2.45, 2.75) is 31.9 Å². The number of nitrogens with zero attached hydrogens (tertiary/aromatic N) is 4. The Balaban J connectivity index is 0.00000338. The minimum Gasteiger partial charge on any atom is -0.356 e. The van der Waals surface area contributed by atoms with Gasteiger partial charge in [-0.25, -0.2) is 0 Å². The minimum atomic E-state index is -4.17. The summed E-state index contributed by atoms with van der Waals surface area (Å²) in [7, 11) is 1.57. The predicted molar refractivity (Wildman–Crippen MR) is 106 cm³/mol. The minimum absolute atomic E-state index is 0. The number of nitrogens with one attached hydrogen (secondary N) is 1. The fraction of sp³-hybridized carbons (Fsp3) is 0.875. The zero-order chi connectivity index (χ0) is 18.3. The molecular formula is C16H29F3IN5O. The van der Waals surface area contributed by atoms with Gasteiger partial charge in [0.2, 0.25) is 5.91 Å². The Kier molecular flexibility index (Phi) is 9.98. The van der Waals surface area contributed by atoms with E-state index < -0.39 is 12.6 Å². The van der Waals surface area contributed by atoms with Crippen LogP contribution in [0.3, 0.4) is 0 Å². The van der Waals surface area contributed by atoms with Gasteiger partial charge in [0.05, 0.1) is 13.0 Å². The Morgan fingerprint density at radius 2 is 1.62 bits per heavy atom. The second-order valence-electron chi connectivity index (χ2n) is 6.54. The molecular weight excluding hydrogens is 462 g/mol. The third-order valence-corrected chi connectivity index (χ3v) is 4.64. The van der Waals surface area contributed by atoms with Crippen LogP contribution in [0.15, 0.2) is 4.99 Å². The quantitative estimate of drug-likeness (QED) is 0.370. The first kappa shape index (κ1) is 23.3. The zero-order valence-electron chi connectivity index (χ0n) is 15.2. The summed E-state index contributed by atoms with van der Waals surface area (Å²) in [4.78, 5) is 22.4. The molecule has 6 nitrogen and oxygen atoms in total. The number of alkyl halides is 3. The number of carbonyl (C=O) groups is 1. The van der Waals surface area contributed by atoms with E-state index in [-0.39, 0.29) is 36.4 Å². The molecule has 0 radical (unpaired) electrons. The molecule has 0 aromatic heterocycles. The molecule has 26 heavy (non-hydrogen) atoms. The number of amides is 1. The Morgan fingerprint density at radius 1 is 1.00 bits per heavy atom. The number of rotatable bonds is 4. The van der Waals surface area contributed by atoms with Crippen LogP contribution in [-0.2, 0) is 4.79 Å². The van der Waals surface area contributed by atoms with Crippen molar-refractivity contribution >= 4 is 35.8 Å². The van der Waals surface area contributed by atoms with Crippen LogP contribution in [0.5, 0.6) is 0 Å². The third-order valence-electron chi connectivity index (χ3n) is 4.64. The maximum atomic E-state index is 12.3. The van der Waals surface area contributed by atoms with Crippen LogP contribution in [-0.4, -0.2) is 92.1 Å². The molecule has 0 bridgehead atoms. The maximum Gasteiger partial charge on any atom is 0.390 e. The summed E-state index contributed by atoms with van der Waals surface area (Å²) in [5.41, 5.74) is 0. The van der Waals surface area contributed by atoms with Crippen molar-refractivity contribution in [2.24, 2.45) is 4.99 Å². The number of carbonyl (C=O) groups excluding carboxylic acids is 1. The van der Waals surface area contributed by atoms with Crippen LogP contribution in [0.4, 0.5) is 13.2 Å². The molecule has 0 aromatic carbocycles. The molecule has 0 aromatic rings. The predicted octanol–water partition coefficient (Wildman–Crippen LogP) is 1.76. The largest absolute Gasteiger partial charge is 0.390 e. The highest BCUT2D eigenvalue weighted by molar-refractivity contribution is 14.0. The molecule has 2 fully saturated rings. The van der Waals surface area contributed by atoms with E-state index in [1.165, 1.54) is 6.42 Å². The molecule has 0 atom stereocenters. The number of likely N-dealkylation sites (tertiary alicyclic amines) is 1. The molecule has 10 heteroatoms. The van der Waals surface area contributed by atoms with Gasteiger partial charge in [-0.3, -0.25) is 14.7 Å². The number of aliphatic imine (C=N–C) groups is 1. The van der Waals surface area contributed by atoms with Gasteiger partial charge in [0.25, 0.3) is 0 Å². The SMILES string of the molecule is CN=C(NCCC(F)(F)F)N1CCN(CC(=O)N2CCCCC2)CC1.I. The van der Waals surface area contributed by atoms with Crippen molar-refractivity contribution in [1.82, 2.24) is 20.0 Å².